The second kappa shape index (κ2) is 9.55. The standard InChI is InChI=1S/C19H28N4O3S/c1-4-5-8-23-17(20)16(18(25)21-19(23)26)22(9-6-13(2)3)15(24)11-14-7-10-27-12-14/h7,10,12-13H,4-6,8-9,11,20H2,1-3H3,(H,21,25,26). The zero-order valence-electron chi connectivity index (χ0n) is 16.2. The summed E-state index contributed by atoms with van der Waals surface area (Å²) in [6.07, 6.45) is 2.55. The fraction of sp³-hybridized carbons (Fsp3) is 0.526. The van der Waals surface area contributed by atoms with Crippen LogP contribution in [0.5, 0.6) is 0 Å². The fourth-order valence-electron chi connectivity index (χ4n) is 2.79. The van der Waals surface area contributed by atoms with Crippen molar-refractivity contribution in [3.05, 3.63) is 43.2 Å². The smallest absolute Gasteiger partial charge is 0.330 e. The van der Waals surface area contributed by atoms with Gasteiger partial charge < -0.3 is 10.6 Å². The maximum atomic E-state index is 13.0. The zero-order valence-corrected chi connectivity index (χ0v) is 17.0. The molecule has 0 aliphatic rings. The molecule has 8 heteroatoms. The van der Waals surface area contributed by atoms with Crippen molar-refractivity contribution in [2.45, 2.75) is 53.0 Å². The Morgan fingerprint density at radius 2 is 2.11 bits per heavy atom. The van der Waals surface area contributed by atoms with Crippen molar-refractivity contribution in [2.24, 2.45) is 5.92 Å². The van der Waals surface area contributed by atoms with Gasteiger partial charge in [-0.25, -0.2) is 4.79 Å². The van der Waals surface area contributed by atoms with Crippen molar-refractivity contribution in [2.75, 3.05) is 17.2 Å². The van der Waals surface area contributed by atoms with Crippen LogP contribution in [0.3, 0.4) is 0 Å². The van der Waals surface area contributed by atoms with Gasteiger partial charge in [-0.05, 0) is 41.1 Å². The second-order valence-corrected chi connectivity index (χ2v) is 7.81. The SMILES string of the molecule is CCCCn1c(N)c(N(CCC(C)C)C(=O)Cc2ccsc2)c(=O)[nH]c1=O. The summed E-state index contributed by atoms with van der Waals surface area (Å²) in [4.78, 5) is 41.4. The Bertz CT molecular complexity index is 868. The molecule has 0 aliphatic carbocycles. The van der Waals surface area contributed by atoms with E-state index in [9.17, 15) is 14.4 Å². The number of hydrogen-bond acceptors (Lipinski definition) is 5. The number of nitrogens with one attached hydrogen (secondary N) is 1. The minimum atomic E-state index is -0.618. The quantitative estimate of drug-likeness (QED) is 0.685. The fourth-order valence-corrected chi connectivity index (χ4v) is 3.46. The number of hydrogen-bond donors (Lipinski definition) is 2. The Balaban J connectivity index is 2.45. The number of anilines is 2. The minimum Gasteiger partial charge on any atom is -0.383 e. The monoisotopic (exact) mass is 392 g/mol. The van der Waals surface area contributed by atoms with Gasteiger partial charge >= 0.3 is 5.69 Å². The van der Waals surface area contributed by atoms with Gasteiger partial charge in [-0.2, -0.15) is 11.3 Å². The van der Waals surface area contributed by atoms with E-state index in [1.807, 2.05) is 23.8 Å². The lowest BCUT2D eigenvalue weighted by atomic mass is 10.1. The minimum absolute atomic E-state index is 0.0552. The average molecular weight is 393 g/mol. The Morgan fingerprint density at radius 1 is 1.37 bits per heavy atom. The van der Waals surface area contributed by atoms with Gasteiger partial charge in [0.2, 0.25) is 5.91 Å². The lowest BCUT2D eigenvalue weighted by Crippen LogP contribution is -2.42. The van der Waals surface area contributed by atoms with E-state index in [1.165, 1.54) is 20.8 Å². The molecule has 0 atom stereocenters. The van der Waals surface area contributed by atoms with Crippen molar-refractivity contribution in [1.29, 1.82) is 0 Å². The van der Waals surface area contributed by atoms with E-state index >= 15 is 0 Å². The molecule has 0 bridgehead atoms. The predicted molar refractivity (Wildman–Crippen MR) is 110 cm³/mol. The number of H-pyrrole nitrogens is 1. The number of nitrogens with two attached hydrogens (primary N) is 1. The van der Waals surface area contributed by atoms with Gasteiger partial charge in [0.05, 0.1) is 6.42 Å². The molecule has 0 spiro atoms. The van der Waals surface area contributed by atoms with E-state index in [2.05, 4.69) is 18.8 Å². The summed E-state index contributed by atoms with van der Waals surface area (Å²) in [5, 5.41) is 3.82. The number of aromatic amines is 1. The first-order valence-electron chi connectivity index (χ1n) is 9.29. The van der Waals surface area contributed by atoms with Crippen LogP contribution in [0.2, 0.25) is 0 Å². The molecule has 1 amide bonds. The van der Waals surface area contributed by atoms with E-state index in [1.54, 1.807) is 0 Å². The molecule has 0 aromatic carbocycles. The van der Waals surface area contributed by atoms with E-state index in [4.69, 9.17) is 5.73 Å². The van der Waals surface area contributed by atoms with Crippen molar-refractivity contribution >= 4 is 28.7 Å². The molecule has 3 N–H and O–H groups in total. The van der Waals surface area contributed by atoms with Gasteiger partial charge in [-0.15, -0.1) is 0 Å². The number of carbonyl (C=O) groups excluding carboxylic acids is 1. The van der Waals surface area contributed by atoms with Crippen LogP contribution < -0.4 is 21.9 Å². The highest BCUT2D eigenvalue weighted by Crippen LogP contribution is 2.20. The lowest BCUT2D eigenvalue weighted by molar-refractivity contribution is -0.118. The van der Waals surface area contributed by atoms with Crippen LogP contribution in [-0.4, -0.2) is 22.0 Å². The first-order valence-corrected chi connectivity index (χ1v) is 10.2. The normalized spacial score (nSPS) is 11.1. The first-order chi connectivity index (χ1) is 12.8. The van der Waals surface area contributed by atoms with E-state index in [-0.39, 0.29) is 23.8 Å². The number of unbranched alkanes of at least 4 members (excludes halogenated alkanes) is 1. The van der Waals surface area contributed by atoms with Crippen LogP contribution in [-0.2, 0) is 17.8 Å². The highest BCUT2D eigenvalue weighted by molar-refractivity contribution is 7.08. The van der Waals surface area contributed by atoms with Crippen molar-refractivity contribution in [3.63, 3.8) is 0 Å². The highest BCUT2D eigenvalue weighted by atomic mass is 32.1. The zero-order chi connectivity index (χ0) is 20.0. The molecular formula is C19H28N4O3S. The number of thiophene rings is 1. The van der Waals surface area contributed by atoms with E-state index in [0.29, 0.717) is 19.0 Å². The van der Waals surface area contributed by atoms with Crippen molar-refractivity contribution < 1.29 is 4.79 Å². The lowest BCUT2D eigenvalue weighted by Gasteiger charge is -2.25. The largest absolute Gasteiger partial charge is 0.383 e. The number of nitrogen functional groups attached to an aromatic ring is 1. The molecule has 0 fully saturated rings. The summed E-state index contributed by atoms with van der Waals surface area (Å²) >= 11 is 1.52. The highest BCUT2D eigenvalue weighted by Gasteiger charge is 2.24. The van der Waals surface area contributed by atoms with Gasteiger partial charge in [0, 0.05) is 13.1 Å². The topological polar surface area (TPSA) is 101 Å². The Hall–Kier alpha value is -2.35. The first kappa shape index (κ1) is 21.0. The second-order valence-electron chi connectivity index (χ2n) is 7.03. The summed E-state index contributed by atoms with van der Waals surface area (Å²) in [6, 6.07) is 1.89. The van der Waals surface area contributed by atoms with Gasteiger partial charge in [-0.3, -0.25) is 19.1 Å². The number of nitrogens with zero attached hydrogens (tertiary/aromatic N) is 2. The summed E-state index contributed by atoms with van der Waals surface area (Å²) in [7, 11) is 0. The molecule has 27 heavy (non-hydrogen) atoms. The average Bonchev–Trinajstić information content (AvgIpc) is 3.10. The molecule has 7 nitrogen and oxygen atoms in total. The third-order valence-electron chi connectivity index (χ3n) is 4.39. The van der Waals surface area contributed by atoms with Crippen LogP contribution in [0.1, 0.15) is 45.6 Å². The van der Waals surface area contributed by atoms with E-state index in [0.717, 1.165) is 24.8 Å². The third kappa shape index (κ3) is 5.32. The molecule has 2 aromatic rings. The predicted octanol–water partition coefficient (Wildman–Crippen LogP) is 2.60. The van der Waals surface area contributed by atoms with Gasteiger partial charge in [0.1, 0.15) is 5.82 Å². The molecule has 0 saturated carbocycles. The van der Waals surface area contributed by atoms with Crippen LogP contribution in [0.4, 0.5) is 11.5 Å². The van der Waals surface area contributed by atoms with Crippen molar-refractivity contribution in [3.8, 4) is 0 Å². The molecule has 0 saturated heterocycles. The Kier molecular flexibility index (Phi) is 7.41. The molecule has 2 aromatic heterocycles. The van der Waals surface area contributed by atoms with Crippen LogP contribution in [0.25, 0.3) is 0 Å². The molecule has 0 radical (unpaired) electrons. The van der Waals surface area contributed by atoms with Crippen LogP contribution >= 0.6 is 11.3 Å². The number of rotatable bonds is 9. The van der Waals surface area contributed by atoms with Gasteiger partial charge in [-0.1, -0.05) is 27.2 Å². The number of carbonyl (C=O) groups is 1. The molecule has 0 aliphatic heterocycles. The summed E-state index contributed by atoms with van der Waals surface area (Å²) in [6.45, 7) is 6.89. The third-order valence-corrected chi connectivity index (χ3v) is 5.12. The molecule has 2 rings (SSSR count). The van der Waals surface area contributed by atoms with Crippen molar-refractivity contribution in [1.82, 2.24) is 9.55 Å². The van der Waals surface area contributed by atoms with Gasteiger partial charge in [0.25, 0.3) is 5.56 Å². The molecule has 0 unspecified atom stereocenters. The number of amides is 1. The van der Waals surface area contributed by atoms with Crippen LogP contribution in [0.15, 0.2) is 26.4 Å². The summed E-state index contributed by atoms with van der Waals surface area (Å²) < 4.78 is 1.35. The summed E-state index contributed by atoms with van der Waals surface area (Å²) in [5.74, 6) is 0.208. The number of aromatic nitrogens is 2. The van der Waals surface area contributed by atoms with E-state index < -0.39 is 11.2 Å². The molecule has 148 valence electrons. The van der Waals surface area contributed by atoms with Crippen LogP contribution in [0, 0.1) is 5.92 Å². The molecular weight excluding hydrogens is 364 g/mol. The summed E-state index contributed by atoms with van der Waals surface area (Å²) in [5.41, 5.74) is 6.01. The molecule has 2 heterocycles. The van der Waals surface area contributed by atoms with Gasteiger partial charge in [0.15, 0.2) is 5.69 Å². The maximum Gasteiger partial charge on any atom is 0.330 e. The maximum absolute atomic E-state index is 13.0. The Morgan fingerprint density at radius 3 is 2.70 bits per heavy atom. The Labute approximate surface area is 162 Å².